The predicted octanol–water partition coefficient (Wildman–Crippen LogP) is 2.67. The standard InChI is InChI=1S/C15H17NO4/c1-4-20-15(19)14(18)12-8-10-11(16(12)9(2)3)6-5-7-13(10)17/h5-9,17H,4H2,1-3H3. The Labute approximate surface area is 116 Å². The normalized spacial score (nSPS) is 11.0. The second-order valence-corrected chi connectivity index (χ2v) is 4.75. The summed E-state index contributed by atoms with van der Waals surface area (Å²) >= 11 is 0. The van der Waals surface area contributed by atoms with Gasteiger partial charge in [-0.3, -0.25) is 4.79 Å². The monoisotopic (exact) mass is 275 g/mol. The maximum atomic E-state index is 12.2. The smallest absolute Gasteiger partial charge is 0.381 e. The van der Waals surface area contributed by atoms with E-state index in [1.165, 1.54) is 6.07 Å². The molecule has 0 saturated carbocycles. The fourth-order valence-electron chi connectivity index (χ4n) is 2.27. The van der Waals surface area contributed by atoms with E-state index in [1.54, 1.807) is 29.7 Å². The van der Waals surface area contributed by atoms with Gasteiger partial charge in [-0.1, -0.05) is 6.07 Å². The molecule has 0 aliphatic heterocycles. The summed E-state index contributed by atoms with van der Waals surface area (Å²) in [4.78, 5) is 23.8. The third-order valence-electron chi connectivity index (χ3n) is 3.07. The van der Waals surface area contributed by atoms with Crippen molar-refractivity contribution in [2.24, 2.45) is 0 Å². The molecule has 106 valence electrons. The number of aromatic hydroxyl groups is 1. The lowest BCUT2D eigenvalue weighted by atomic mass is 10.2. The summed E-state index contributed by atoms with van der Waals surface area (Å²) in [6.07, 6.45) is 0. The fraction of sp³-hybridized carbons (Fsp3) is 0.333. The summed E-state index contributed by atoms with van der Waals surface area (Å²) in [6, 6.07) is 6.56. The van der Waals surface area contributed by atoms with Crippen molar-refractivity contribution < 1.29 is 19.4 Å². The van der Waals surface area contributed by atoms with Crippen LogP contribution in [0.2, 0.25) is 0 Å². The summed E-state index contributed by atoms with van der Waals surface area (Å²) in [7, 11) is 0. The Bertz CT molecular complexity index is 670. The van der Waals surface area contributed by atoms with Crippen molar-refractivity contribution in [1.82, 2.24) is 4.57 Å². The first-order valence-corrected chi connectivity index (χ1v) is 6.51. The van der Waals surface area contributed by atoms with Gasteiger partial charge in [0.25, 0.3) is 5.78 Å². The van der Waals surface area contributed by atoms with Gasteiger partial charge >= 0.3 is 5.97 Å². The average Bonchev–Trinajstić information content (AvgIpc) is 2.79. The van der Waals surface area contributed by atoms with Crippen LogP contribution < -0.4 is 0 Å². The number of ketones is 1. The van der Waals surface area contributed by atoms with Crippen LogP contribution >= 0.6 is 0 Å². The van der Waals surface area contributed by atoms with E-state index in [2.05, 4.69) is 0 Å². The summed E-state index contributed by atoms with van der Waals surface area (Å²) in [5.41, 5.74) is 0.947. The van der Waals surface area contributed by atoms with Gasteiger partial charge in [-0.2, -0.15) is 0 Å². The highest BCUT2D eigenvalue weighted by Crippen LogP contribution is 2.30. The van der Waals surface area contributed by atoms with Gasteiger partial charge in [-0.15, -0.1) is 0 Å². The van der Waals surface area contributed by atoms with Crippen molar-refractivity contribution in [3.8, 4) is 5.75 Å². The average molecular weight is 275 g/mol. The van der Waals surface area contributed by atoms with E-state index in [-0.39, 0.29) is 24.1 Å². The van der Waals surface area contributed by atoms with E-state index in [0.717, 1.165) is 0 Å². The van der Waals surface area contributed by atoms with Crippen molar-refractivity contribution in [2.75, 3.05) is 6.61 Å². The number of fused-ring (bicyclic) bond motifs is 1. The minimum Gasteiger partial charge on any atom is -0.507 e. The molecule has 0 amide bonds. The Hall–Kier alpha value is -2.30. The van der Waals surface area contributed by atoms with Gasteiger partial charge in [0, 0.05) is 11.4 Å². The molecule has 1 aromatic carbocycles. The largest absolute Gasteiger partial charge is 0.507 e. The number of carbonyl (C=O) groups is 2. The maximum Gasteiger partial charge on any atom is 0.381 e. The van der Waals surface area contributed by atoms with Gasteiger partial charge in [0.05, 0.1) is 17.8 Å². The molecule has 5 nitrogen and oxygen atoms in total. The highest BCUT2D eigenvalue weighted by molar-refractivity contribution is 6.40. The summed E-state index contributed by atoms with van der Waals surface area (Å²) in [5.74, 6) is -1.49. The molecule has 0 spiro atoms. The Morgan fingerprint density at radius 3 is 2.65 bits per heavy atom. The number of ether oxygens (including phenoxy) is 1. The number of hydrogen-bond donors (Lipinski definition) is 1. The van der Waals surface area contributed by atoms with E-state index in [0.29, 0.717) is 10.9 Å². The molecule has 5 heteroatoms. The Morgan fingerprint density at radius 1 is 1.35 bits per heavy atom. The van der Waals surface area contributed by atoms with E-state index >= 15 is 0 Å². The molecule has 0 aliphatic rings. The number of phenolic OH excluding ortho intramolecular Hbond substituents is 1. The van der Waals surface area contributed by atoms with Gasteiger partial charge in [0.2, 0.25) is 0 Å². The van der Waals surface area contributed by atoms with Gasteiger partial charge in [0.1, 0.15) is 5.75 Å². The molecule has 1 aromatic heterocycles. The van der Waals surface area contributed by atoms with Crippen LogP contribution in [0.3, 0.4) is 0 Å². The molecular formula is C15H17NO4. The van der Waals surface area contributed by atoms with Crippen molar-refractivity contribution in [2.45, 2.75) is 26.8 Å². The SMILES string of the molecule is CCOC(=O)C(=O)c1cc2c(O)cccc2n1C(C)C. The van der Waals surface area contributed by atoms with E-state index in [1.807, 2.05) is 13.8 Å². The molecule has 1 N–H and O–H groups in total. The minimum atomic E-state index is -0.878. The number of benzene rings is 1. The molecule has 1 heterocycles. The fourth-order valence-corrected chi connectivity index (χ4v) is 2.27. The number of carbonyl (C=O) groups excluding carboxylic acids is 2. The van der Waals surface area contributed by atoms with Crippen LogP contribution in [0.4, 0.5) is 0 Å². The van der Waals surface area contributed by atoms with Crippen LogP contribution in [0.1, 0.15) is 37.3 Å². The Balaban J connectivity index is 2.64. The maximum absolute atomic E-state index is 12.2. The Kier molecular flexibility index (Phi) is 3.79. The third-order valence-corrected chi connectivity index (χ3v) is 3.07. The first kappa shape index (κ1) is 14.1. The van der Waals surface area contributed by atoms with Crippen molar-refractivity contribution >= 4 is 22.7 Å². The number of nitrogens with zero attached hydrogens (tertiary/aromatic N) is 1. The summed E-state index contributed by atoms with van der Waals surface area (Å²) < 4.78 is 6.49. The highest BCUT2D eigenvalue weighted by atomic mass is 16.5. The van der Waals surface area contributed by atoms with Crippen LogP contribution in [0.5, 0.6) is 5.75 Å². The van der Waals surface area contributed by atoms with Crippen LogP contribution in [-0.2, 0) is 9.53 Å². The minimum absolute atomic E-state index is 0.0253. The number of rotatable bonds is 4. The van der Waals surface area contributed by atoms with Crippen molar-refractivity contribution in [3.05, 3.63) is 30.0 Å². The van der Waals surface area contributed by atoms with E-state index < -0.39 is 11.8 Å². The van der Waals surface area contributed by atoms with Crippen LogP contribution in [0.25, 0.3) is 10.9 Å². The van der Waals surface area contributed by atoms with Crippen LogP contribution in [0, 0.1) is 0 Å². The number of phenols is 1. The molecular weight excluding hydrogens is 258 g/mol. The summed E-state index contributed by atoms with van der Waals surface area (Å²) in [6.45, 7) is 5.61. The number of aromatic nitrogens is 1. The van der Waals surface area contributed by atoms with E-state index in [9.17, 15) is 14.7 Å². The predicted molar refractivity (Wildman–Crippen MR) is 75.0 cm³/mol. The van der Waals surface area contributed by atoms with Crippen LogP contribution in [-0.4, -0.2) is 28.0 Å². The summed E-state index contributed by atoms with van der Waals surface area (Å²) in [5, 5.41) is 10.4. The number of hydrogen-bond acceptors (Lipinski definition) is 4. The third kappa shape index (κ3) is 2.27. The van der Waals surface area contributed by atoms with Gasteiger partial charge in [-0.25, -0.2) is 4.79 Å². The molecule has 2 rings (SSSR count). The van der Waals surface area contributed by atoms with Crippen molar-refractivity contribution in [3.63, 3.8) is 0 Å². The molecule has 0 saturated heterocycles. The molecule has 0 aliphatic carbocycles. The molecule has 0 atom stereocenters. The van der Waals surface area contributed by atoms with Crippen molar-refractivity contribution in [1.29, 1.82) is 0 Å². The van der Waals surface area contributed by atoms with Gasteiger partial charge < -0.3 is 14.4 Å². The van der Waals surface area contributed by atoms with E-state index in [4.69, 9.17) is 4.74 Å². The molecule has 2 aromatic rings. The van der Waals surface area contributed by atoms with Gasteiger partial charge in [-0.05, 0) is 39.0 Å². The highest BCUT2D eigenvalue weighted by Gasteiger charge is 2.25. The second-order valence-electron chi connectivity index (χ2n) is 4.75. The molecule has 0 radical (unpaired) electrons. The molecule has 0 bridgehead atoms. The molecule has 0 unspecified atom stereocenters. The Morgan fingerprint density at radius 2 is 2.05 bits per heavy atom. The molecule has 0 fully saturated rings. The molecule has 20 heavy (non-hydrogen) atoms. The van der Waals surface area contributed by atoms with Crippen LogP contribution in [0.15, 0.2) is 24.3 Å². The first-order chi connectivity index (χ1) is 9.47. The topological polar surface area (TPSA) is 68.5 Å². The second kappa shape index (κ2) is 5.36. The number of Topliss-reactive ketones (excluding diaryl/α,β-unsaturated/α-hetero) is 1. The zero-order valence-electron chi connectivity index (χ0n) is 11.7. The lowest BCUT2D eigenvalue weighted by Crippen LogP contribution is -2.21. The zero-order chi connectivity index (χ0) is 14.9. The first-order valence-electron chi connectivity index (χ1n) is 6.51. The lowest BCUT2D eigenvalue weighted by Gasteiger charge is -2.13. The lowest BCUT2D eigenvalue weighted by molar-refractivity contribution is -0.137. The quantitative estimate of drug-likeness (QED) is 0.529. The zero-order valence-corrected chi connectivity index (χ0v) is 11.7. The van der Waals surface area contributed by atoms with Gasteiger partial charge in [0.15, 0.2) is 0 Å². The number of esters is 1.